The number of rotatable bonds is 11. The molecule has 2 aromatic carbocycles. The van der Waals surface area contributed by atoms with Crippen molar-refractivity contribution in [2.75, 3.05) is 44.8 Å². The average Bonchev–Trinajstić information content (AvgIpc) is 2.82. The van der Waals surface area contributed by atoms with Gasteiger partial charge in [-0.25, -0.2) is 9.97 Å². The first-order chi connectivity index (χ1) is 16.4. The molecule has 0 unspecified atom stereocenters. The molecule has 0 aliphatic carbocycles. The number of carbonyl (C=O) groups excluding carboxylic acids is 1. The number of anilines is 2. The molecule has 176 valence electrons. The average molecular weight is 460 g/mol. The van der Waals surface area contributed by atoms with E-state index in [1.54, 1.807) is 30.3 Å². The van der Waals surface area contributed by atoms with Gasteiger partial charge in [0.1, 0.15) is 29.5 Å². The first-order valence-corrected chi connectivity index (χ1v) is 10.8. The fraction of sp³-hybridized carbons (Fsp3) is 0.200. The van der Waals surface area contributed by atoms with Gasteiger partial charge in [0, 0.05) is 31.3 Å². The molecule has 0 aliphatic heterocycles. The van der Waals surface area contributed by atoms with Crippen molar-refractivity contribution >= 4 is 23.3 Å². The molecule has 9 heteroatoms. The zero-order valence-electron chi connectivity index (χ0n) is 19.3. The van der Waals surface area contributed by atoms with E-state index in [-0.39, 0.29) is 17.4 Å². The maximum Gasteiger partial charge on any atom is 0.243 e. The lowest BCUT2D eigenvalue weighted by atomic mass is 10.0. The number of nitrogens with one attached hydrogen (secondary N) is 3. The number of nitrogens with two attached hydrogens (primary N) is 1. The highest BCUT2D eigenvalue weighted by molar-refractivity contribution is 6.16. The van der Waals surface area contributed by atoms with Crippen LogP contribution in [0.15, 0.2) is 73.1 Å². The number of nitrogen functional groups attached to an aromatic ring is 1. The molecule has 9 nitrogen and oxygen atoms in total. The smallest absolute Gasteiger partial charge is 0.243 e. The monoisotopic (exact) mass is 459 g/mol. The maximum atomic E-state index is 11.9. The zero-order chi connectivity index (χ0) is 24.3. The van der Waals surface area contributed by atoms with Crippen LogP contribution in [0, 0.1) is 5.41 Å². The van der Waals surface area contributed by atoms with Crippen molar-refractivity contribution in [1.82, 2.24) is 20.2 Å². The van der Waals surface area contributed by atoms with E-state index in [0.29, 0.717) is 42.3 Å². The molecule has 0 radical (unpaired) electrons. The highest BCUT2D eigenvalue weighted by Gasteiger charge is 2.16. The van der Waals surface area contributed by atoms with E-state index in [4.69, 9.17) is 15.9 Å². The first-order valence-electron chi connectivity index (χ1n) is 10.8. The molecule has 0 spiro atoms. The molecular weight excluding hydrogens is 430 g/mol. The minimum absolute atomic E-state index is 0.170. The number of hydrogen-bond donors (Lipinski definition) is 4. The van der Waals surface area contributed by atoms with Gasteiger partial charge in [-0.2, -0.15) is 0 Å². The number of carbonyl (C=O) groups is 1. The highest BCUT2D eigenvalue weighted by Crippen LogP contribution is 2.25. The second kappa shape index (κ2) is 12.1. The van der Waals surface area contributed by atoms with Gasteiger partial charge in [0.05, 0.1) is 11.3 Å². The van der Waals surface area contributed by atoms with Crippen LogP contribution in [0.4, 0.5) is 11.6 Å². The summed E-state index contributed by atoms with van der Waals surface area (Å²) in [7, 11) is 3.86. The van der Waals surface area contributed by atoms with Crippen molar-refractivity contribution in [3.05, 3.63) is 84.2 Å². The summed E-state index contributed by atoms with van der Waals surface area (Å²) in [6.45, 7) is 1.48. The van der Waals surface area contributed by atoms with Crippen LogP contribution in [-0.2, 0) is 4.79 Å². The number of aromatic nitrogens is 2. The van der Waals surface area contributed by atoms with E-state index < -0.39 is 0 Å². The van der Waals surface area contributed by atoms with Crippen molar-refractivity contribution in [2.24, 2.45) is 0 Å². The fourth-order valence-electron chi connectivity index (χ4n) is 3.03. The van der Waals surface area contributed by atoms with Crippen LogP contribution in [0.25, 0.3) is 0 Å². The number of benzene rings is 2. The Morgan fingerprint density at radius 3 is 2.47 bits per heavy atom. The number of nitrogens with zero attached hydrogens (tertiary/aromatic N) is 3. The molecule has 1 heterocycles. The number of likely N-dealkylation sites (N-methyl/N-ethyl adjacent to an activating group) is 1. The zero-order valence-corrected chi connectivity index (χ0v) is 19.3. The molecular formula is C25H29N7O2. The summed E-state index contributed by atoms with van der Waals surface area (Å²) in [5.74, 6) is 1.85. The molecule has 34 heavy (non-hydrogen) atoms. The third kappa shape index (κ3) is 7.14. The largest absolute Gasteiger partial charge is 0.457 e. The Balaban J connectivity index is 1.61. The third-order valence-corrected chi connectivity index (χ3v) is 4.70. The van der Waals surface area contributed by atoms with Gasteiger partial charge in [0.25, 0.3) is 0 Å². The Kier molecular flexibility index (Phi) is 8.70. The Morgan fingerprint density at radius 2 is 1.76 bits per heavy atom. The van der Waals surface area contributed by atoms with Crippen LogP contribution in [0.1, 0.15) is 11.1 Å². The van der Waals surface area contributed by atoms with E-state index in [1.807, 2.05) is 49.3 Å². The van der Waals surface area contributed by atoms with E-state index in [2.05, 4.69) is 20.6 Å². The van der Waals surface area contributed by atoms with Crippen LogP contribution in [-0.4, -0.2) is 60.2 Å². The van der Waals surface area contributed by atoms with Crippen LogP contribution in [0.5, 0.6) is 11.5 Å². The SMILES string of the molecule is CN(C)CC=CC(=O)NCCNc1ncnc(N)c1C(=N)c1ccc(Oc2ccccc2)cc1. The molecule has 1 amide bonds. The summed E-state index contributed by atoms with van der Waals surface area (Å²) in [4.78, 5) is 22.1. The molecule has 0 bridgehead atoms. The van der Waals surface area contributed by atoms with Gasteiger partial charge < -0.3 is 26.0 Å². The minimum atomic E-state index is -0.170. The van der Waals surface area contributed by atoms with Crippen LogP contribution < -0.4 is 21.1 Å². The Labute approximate surface area is 199 Å². The Morgan fingerprint density at radius 1 is 1.06 bits per heavy atom. The molecule has 0 saturated heterocycles. The second-order valence-electron chi connectivity index (χ2n) is 7.68. The number of para-hydroxylation sites is 1. The summed E-state index contributed by atoms with van der Waals surface area (Å²) in [5.41, 5.74) is 7.31. The molecule has 3 rings (SSSR count). The summed E-state index contributed by atoms with van der Waals surface area (Å²) in [6.07, 6.45) is 4.65. The molecule has 0 fully saturated rings. The van der Waals surface area contributed by atoms with Crippen LogP contribution in [0.3, 0.4) is 0 Å². The van der Waals surface area contributed by atoms with E-state index in [9.17, 15) is 4.79 Å². The third-order valence-electron chi connectivity index (χ3n) is 4.70. The first kappa shape index (κ1) is 24.4. The van der Waals surface area contributed by atoms with Crippen molar-refractivity contribution in [2.45, 2.75) is 0 Å². The maximum absolute atomic E-state index is 11.9. The second-order valence-corrected chi connectivity index (χ2v) is 7.68. The summed E-state index contributed by atoms with van der Waals surface area (Å²) in [6, 6.07) is 16.6. The molecule has 5 N–H and O–H groups in total. The van der Waals surface area contributed by atoms with Crippen molar-refractivity contribution in [3.63, 3.8) is 0 Å². The van der Waals surface area contributed by atoms with E-state index in [0.717, 1.165) is 5.75 Å². The summed E-state index contributed by atoms with van der Waals surface area (Å²) >= 11 is 0. The van der Waals surface area contributed by atoms with Gasteiger partial charge in [0.15, 0.2) is 0 Å². The predicted octanol–water partition coefficient (Wildman–Crippen LogP) is 2.91. The van der Waals surface area contributed by atoms with Gasteiger partial charge in [-0.05, 0) is 50.5 Å². The summed E-state index contributed by atoms with van der Waals surface area (Å²) < 4.78 is 5.81. The number of ether oxygens (including phenoxy) is 1. The van der Waals surface area contributed by atoms with Crippen molar-refractivity contribution in [1.29, 1.82) is 5.41 Å². The lowest BCUT2D eigenvalue weighted by Crippen LogP contribution is -2.28. The molecule has 0 saturated carbocycles. The minimum Gasteiger partial charge on any atom is -0.457 e. The normalized spacial score (nSPS) is 10.9. The van der Waals surface area contributed by atoms with Gasteiger partial charge in [0.2, 0.25) is 5.91 Å². The molecule has 0 aliphatic rings. The quantitative estimate of drug-likeness (QED) is 0.197. The molecule has 1 aromatic heterocycles. The molecule has 0 atom stereocenters. The van der Waals surface area contributed by atoms with Crippen LogP contribution in [0.2, 0.25) is 0 Å². The van der Waals surface area contributed by atoms with Gasteiger partial charge >= 0.3 is 0 Å². The van der Waals surface area contributed by atoms with Gasteiger partial charge in [-0.1, -0.05) is 24.3 Å². The fourth-order valence-corrected chi connectivity index (χ4v) is 3.03. The number of hydrogen-bond acceptors (Lipinski definition) is 8. The summed E-state index contributed by atoms with van der Waals surface area (Å²) in [5, 5.41) is 14.6. The molecule has 3 aromatic rings. The van der Waals surface area contributed by atoms with Gasteiger partial charge in [-0.15, -0.1) is 0 Å². The van der Waals surface area contributed by atoms with Gasteiger partial charge in [-0.3, -0.25) is 10.2 Å². The highest BCUT2D eigenvalue weighted by atomic mass is 16.5. The lowest BCUT2D eigenvalue weighted by molar-refractivity contribution is -0.116. The Bertz CT molecular complexity index is 1130. The van der Waals surface area contributed by atoms with Crippen LogP contribution >= 0.6 is 0 Å². The topological polar surface area (TPSA) is 129 Å². The standard InChI is InChI=1S/C25H29N7O2/c1-32(2)16-6-9-21(33)28-14-15-29-25-22(24(27)30-17-31-25)23(26)18-10-12-20(13-11-18)34-19-7-4-3-5-8-19/h3-13,17,26H,14-16H2,1-2H3,(H,28,33)(H3,27,29,30,31). The van der Waals surface area contributed by atoms with E-state index in [1.165, 1.54) is 12.4 Å². The lowest BCUT2D eigenvalue weighted by Gasteiger charge is -2.14. The Hall–Kier alpha value is -4.24. The van der Waals surface area contributed by atoms with Crippen molar-refractivity contribution in [3.8, 4) is 11.5 Å². The van der Waals surface area contributed by atoms with Crippen molar-refractivity contribution < 1.29 is 9.53 Å². The van der Waals surface area contributed by atoms with E-state index >= 15 is 0 Å². The number of amides is 1. The predicted molar refractivity (Wildman–Crippen MR) is 135 cm³/mol.